The summed E-state index contributed by atoms with van der Waals surface area (Å²) < 4.78 is 2.87. The van der Waals surface area contributed by atoms with Gasteiger partial charge in [0, 0.05) is 43.2 Å². The highest BCUT2D eigenvalue weighted by atomic mass is 32.1. The van der Waals surface area contributed by atoms with E-state index in [2.05, 4.69) is 234 Å². The monoisotopic (exact) mass is 899 g/mol. The molecule has 0 fully saturated rings. The largest absolute Gasteiger partial charge is 0.311 e. The first kappa shape index (κ1) is 44.5. The van der Waals surface area contributed by atoms with Gasteiger partial charge in [0.05, 0.1) is 11.4 Å². The molecule has 0 unspecified atom stereocenters. The summed E-state index contributed by atoms with van der Waals surface area (Å²) in [6.45, 7) is 36.3. The maximum absolute atomic E-state index is 2.71. The first-order valence-corrected chi connectivity index (χ1v) is 26.0. The van der Waals surface area contributed by atoms with Crippen molar-refractivity contribution in [3.8, 4) is 11.1 Å². The van der Waals surface area contributed by atoms with E-state index >= 15 is 0 Å². The predicted octanol–water partition coefficient (Wildman–Crippen LogP) is 16.3. The van der Waals surface area contributed by atoms with Crippen LogP contribution < -0.4 is 25.5 Å². The fraction of sp³-hybridized carbons (Fsp3) is 0.397. The number of hydrogen-bond acceptors (Lipinski definition) is 3. The minimum atomic E-state index is -0.00555. The first-order chi connectivity index (χ1) is 31.4. The molecule has 0 saturated carbocycles. The van der Waals surface area contributed by atoms with Crippen LogP contribution in [0.4, 0.5) is 34.1 Å². The lowest BCUT2D eigenvalue weighted by molar-refractivity contribution is 0.332. The van der Waals surface area contributed by atoms with Gasteiger partial charge in [0.25, 0.3) is 6.71 Å². The third kappa shape index (κ3) is 6.84. The van der Waals surface area contributed by atoms with Crippen LogP contribution >= 0.6 is 11.3 Å². The number of aryl methyl sites for hydroxylation is 1. The molecule has 7 aromatic rings. The second-order valence-corrected chi connectivity index (χ2v) is 26.8. The lowest BCUT2D eigenvalue weighted by atomic mass is 9.35. The van der Waals surface area contributed by atoms with Gasteiger partial charge in [-0.15, -0.1) is 11.3 Å². The normalized spacial score (nSPS) is 18.5. The van der Waals surface area contributed by atoms with Gasteiger partial charge in [-0.2, -0.15) is 0 Å². The lowest BCUT2D eigenvalue weighted by Crippen LogP contribution is -2.61. The molecule has 0 bridgehead atoms. The third-order valence-electron chi connectivity index (χ3n) is 16.9. The van der Waals surface area contributed by atoms with E-state index in [4.69, 9.17) is 0 Å². The van der Waals surface area contributed by atoms with E-state index in [1.165, 1.54) is 136 Å². The number of benzene rings is 6. The molecule has 0 N–H and O–H groups in total. The van der Waals surface area contributed by atoms with Crippen molar-refractivity contribution in [2.45, 2.75) is 162 Å². The van der Waals surface area contributed by atoms with Crippen molar-refractivity contribution in [3.63, 3.8) is 0 Å². The van der Waals surface area contributed by atoms with Gasteiger partial charge >= 0.3 is 0 Å². The third-order valence-corrected chi connectivity index (χ3v) is 18.1. The quantitative estimate of drug-likeness (QED) is 0.163. The molecule has 0 atom stereocenters. The Kier molecular flexibility index (Phi) is 9.61. The van der Waals surface area contributed by atoms with Crippen LogP contribution in [0.25, 0.3) is 21.2 Å². The Bertz CT molecular complexity index is 3160. The molecular formula is C63H71BN2S. The van der Waals surface area contributed by atoms with Crippen LogP contribution in [0.5, 0.6) is 0 Å². The molecule has 2 aliphatic carbocycles. The highest BCUT2D eigenvalue weighted by Crippen LogP contribution is 2.55. The van der Waals surface area contributed by atoms with Gasteiger partial charge in [0.2, 0.25) is 0 Å². The van der Waals surface area contributed by atoms with E-state index in [9.17, 15) is 0 Å². The van der Waals surface area contributed by atoms with E-state index in [0.717, 1.165) is 0 Å². The zero-order valence-corrected chi connectivity index (χ0v) is 43.9. The molecule has 1 aromatic heterocycles. The average Bonchev–Trinajstić information content (AvgIpc) is 3.64. The van der Waals surface area contributed by atoms with Crippen molar-refractivity contribution in [3.05, 3.63) is 148 Å². The van der Waals surface area contributed by atoms with Gasteiger partial charge in [0.1, 0.15) is 0 Å². The minimum absolute atomic E-state index is 0.00555. The van der Waals surface area contributed by atoms with Crippen LogP contribution in [0.2, 0.25) is 0 Å². The number of hydrogen-bond donors (Lipinski definition) is 0. The van der Waals surface area contributed by atoms with Gasteiger partial charge in [0.15, 0.2) is 0 Å². The van der Waals surface area contributed by atoms with Crippen molar-refractivity contribution in [1.29, 1.82) is 0 Å². The number of thiophene rings is 1. The van der Waals surface area contributed by atoms with Crippen LogP contribution in [-0.4, -0.2) is 6.71 Å². The Balaban J connectivity index is 1.29. The zero-order chi connectivity index (χ0) is 47.5. The van der Waals surface area contributed by atoms with E-state index in [1.54, 1.807) is 0 Å². The molecule has 11 rings (SSSR count). The summed E-state index contributed by atoms with van der Waals surface area (Å²) >= 11 is 2.06. The Morgan fingerprint density at radius 1 is 0.507 bits per heavy atom. The highest BCUT2D eigenvalue weighted by molar-refractivity contribution is 7.33. The van der Waals surface area contributed by atoms with Crippen molar-refractivity contribution in [2.24, 2.45) is 0 Å². The number of nitrogens with zero attached hydrogens (tertiary/aromatic N) is 2. The fourth-order valence-electron chi connectivity index (χ4n) is 12.4. The maximum Gasteiger partial charge on any atom is 0.264 e. The van der Waals surface area contributed by atoms with E-state index < -0.39 is 0 Å². The molecule has 2 nitrogen and oxygen atoms in total. The summed E-state index contributed by atoms with van der Waals surface area (Å²) in [5, 5.41) is 1.39. The SMILES string of the molecule is Cc1cc2c3c(c1)N(c1ccc(C(C)(C)C)cc1)c1c(sc4cc5c(cc14)C(C)(C)CCC5(C)C)B3c1cc3c(cc1N2c1ccc(C(C)(C)C)cc1-c1ccccc1)C(C)(C)CCC3(C)C. The average molecular weight is 899 g/mol. The topological polar surface area (TPSA) is 6.48 Å². The summed E-state index contributed by atoms with van der Waals surface area (Å²) in [6, 6.07) is 43.7. The second kappa shape index (κ2) is 14.5. The highest BCUT2D eigenvalue weighted by Gasteiger charge is 2.49. The molecule has 0 spiro atoms. The Morgan fingerprint density at radius 3 is 1.61 bits per heavy atom. The predicted molar refractivity (Wildman–Crippen MR) is 294 cm³/mol. The van der Waals surface area contributed by atoms with Gasteiger partial charge in [-0.25, -0.2) is 0 Å². The van der Waals surface area contributed by atoms with E-state index in [1.807, 2.05) is 0 Å². The molecule has 4 heteroatoms. The molecule has 4 aliphatic rings. The molecule has 342 valence electrons. The van der Waals surface area contributed by atoms with E-state index in [-0.39, 0.29) is 39.2 Å². The Morgan fingerprint density at radius 2 is 1.03 bits per heavy atom. The lowest BCUT2D eigenvalue weighted by Gasteiger charge is -2.47. The zero-order valence-electron chi connectivity index (χ0n) is 43.1. The number of rotatable bonds is 3. The summed E-state index contributed by atoms with van der Waals surface area (Å²) in [7, 11) is 0. The summed E-state index contributed by atoms with van der Waals surface area (Å²) in [6.07, 6.45) is 4.75. The summed E-state index contributed by atoms with van der Waals surface area (Å²) in [4.78, 5) is 5.39. The summed E-state index contributed by atoms with van der Waals surface area (Å²) in [5.74, 6) is 0. The molecule has 6 aromatic carbocycles. The van der Waals surface area contributed by atoms with E-state index in [0.29, 0.717) is 0 Å². The fourth-order valence-corrected chi connectivity index (χ4v) is 13.8. The van der Waals surface area contributed by atoms with Crippen LogP contribution in [0.3, 0.4) is 0 Å². The number of fused-ring (bicyclic) bond motifs is 8. The van der Waals surface area contributed by atoms with Crippen LogP contribution in [0.15, 0.2) is 109 Å². The van der Waals surface area contributed by atoms with Crippen LogP contribution in [0, 0.1) is 6.92 Å². The van der Waals surface area contributed by atoms with Gasteiger partial charge in [-0.3, -0.25) is 0 Å². The van der Waals surface area contributed by atoms with Crippen molar-refractivity contribution >= 4 is 78.0 Å². The second-order valence-electron chi connectivity index (χ2n) is 25.7. The molecule has 0 radical (unpaired) electrons. The van der Waals surface area contributed by atoms with Crippen molar-refractivity contribution in [2.75, 3.05) is 9.80 Å². The Hall–Kier alpha value is -5.06. The standard InChI is InChI=1S/C63H71BN2S/c1-38-31-52-55-53(32-38)66(50-26-23-41(59(5,6)7)33-43(50)39-19-17-16-18-20-39)51-36-47-46(61(10,11)28-29-62(47,12)13)35-49(51)64(55)57-56(65(52)42-24-21-40(22-25-42)58(2,3)4)44-34-45-48(37-54(44)67-57)63(14,15)30-27-60(45,8)9/h16-26,31-37H,27-30H2,1-15H3. The minimum Gasteiger partial charge on any atom is -0.311 e. The number of anilines is 6. The molecular weight excluding hydrogens is 828 g/mol. The maximum atomic E-state index is 2.71. The molecule has 0 saturated heterocycles. The van der Waals surface area contributed by atoms with Crippen molar-refractivity contribution < 1.29 is 0 Å². The molecule has 0 amide bonds. The van der Waals surface area contributed by atoms with Gasteiger partial charge in [-0.05, 0) is 175 Å². The first-order valence-electron chi connectivity index (χ1n) is 25.2. The Labute approximate surface area is 406 Å². The molecule has 2 aliphatic heterocycles. The van der Waals surface area contributed by atoms with Crippen molar-refractivity contribution in [1.82, 2.24) is 0 Å². The van der Waals surface area contributed by atoms with Gasteiger partial charge < -0.3 is 9.80 Å². The summed E-state index contributed by atoms with van der Waals surface area (Å²) in [5.41, 5.74) is 23.5. The van der Waals surface area contributed by atoms with Crippen LogP contribution in [-0.2, 0) is 32.5 Å². The smallest absolute Gasteiger partial charge is 0.264 e. The van der Waals surface area contributed by atoms with Gasteiger partial charge in [-0.1, -0.05) is 152 Å². The van der Waals surface area contributed by atoms with Crippen LogP contribution in [0.1, 0.15) is 162 Å². The molecule has 3 heterocycles. The molecule has 67 heavy (non-hydrogen) atoms.